The summed E-state index contributed by atoms with van der Waals surface area (Å²) >= 11 is 0. The molecule has 1 atom stereocenters. The number of nitro groups is 1. The Balaban J connectivity index is 3.07. The van der Waals surface area contributed by atoms with Crippen LogP contribution in [0.1, 0.15) is 6.92 Å². The molecule has 1 rings (SSSR count). The molecule has 112 valence electrons. The predicted octanol–water partition coefficient (Wildman–Crippen LogP) is 0.510. The molecule has 0 fully saturated rings. The molecular formula is C11H16N2O6S. The standard InChI is InChI=1S/C11H16N2O6S/c1-8(7-14)6-12-20(17,18)9-3-4-11(19-2)10(5-9)13(15)16/h3-5,8,12,14H,6-7H2,1-2H3. The molecule has 1 unspecified atom stereocenters. The number of nitrogens with one attached hydrogen (secondary N) is 1. The number of aliphatic hydroxyl groups is 1. The van der Waals surface area contributed by atoms with E-state index in [9.17, 15) is 18.5 Å². The maximum absolute atomic E-state index is 12.0. The van der Waals surface area contributed by atoms with Gasteiger partial charge in [-0.05, 0) is 18.1 Å². The van der Waals surface area contributed by atoms with Gasteiger partial charge in [0.05, 0.1) is 16.9 Å². The Bertz CT molecular complexity index is 587. The van der Waals surface area contributed by atoms with Crippen LogP contribution in [0.15, 0.2) is 23.1 Å². The first-order valence-electron chi connectivity index (χ1n) is 5.74. The van der Waals surface area contributed by atoms with Gasteiger partial charge in [0.1, 0.15) is 0 Å². The van der Waals surface area contributed by atoms with Crippen LogP contribution < -0.4 is 9.46 Å². The monoisotopic (exact) mass is 304 g/mol. The summed E-state index contributed by atoms with van der Waals surface area (Å²) in [6.07, 6.45) is 0. The average molecular weight is 304 g/mol. The fourth-order valence-corrected chi connectivity index (χ4v) is 2.56. The minimum absolute atomic E-state index is 0.0160. The van der Waals surface area contributed by atoms with Crippen molar-refractivity contribution >= 4 is 15.7 Å². The van der Waals surface area contributed by atoms with E-state index >= 15 is 0 Å². The lowest BCUT2D eigenvalue weighted by atomic mass is 10.2. The molecule has 0 bridgehead atoms. The zero-order valence-electron chi connectivity index (χ0n) is 11.1. The van der Waals surface area contributed by atoms with Crippen molar-refractivity contribution in [2.45, 2.75) is 11.8 Å². The van der Waals surface area contributed by atoms with Crippen LogP contribution in [-0.2, 0) is 10.0 Å². The van der Waals surface area contributed by atoms with Crippen LogP contribution in [-0.4, -0.2) is 38.7 Å². The van der Waals surface area contributed by atoms with Crippen molar-refractivity contribution in [3.8, 4) is 5.75 Å². The first kappa shape index (κ1) is 16.3. The van der Waals surface area contributed by atoms with E-state index in [1.165, 1.54) is 19.2 Å². The second-order valence-corrected chi connectivity index (χ2v) is 6.00. The lowest BCUT2D eigenvalue weighted by Gasteiger charge is -2.11. The van der Waals surface area contributed by atoms with Gasteiger partial charge in [0.15, 0.2) is 5.75 Å². The molecule has 0 radical (unpaired) electrons. The topological polar surface area (TPSA) is 119 Å². The molecule has 0 spiro atoms. The highest BCUT2D eigenvalue weighted by Gasteiger charge is 2.22. The molecular weight excluding hydrogens is 288 g/mol. The number of hydrogen-bond acceptors (Lipinski definition) is 6. The van der Waals surface area contributed by atoms with Gasteiger partial charge in [-0.25, -0.2) is 13.1 Å². The molecule has 0 aromatic heterocycles. The number of sulfonamides is 1. The predicted molar refractivity (Wildman–Crippen MR) is 71.1 cm³/mol. The highest BCUT2D eigenvalue weighted by molar-refractivity contribution is 7.89. The molecule has 20 heavy (non-hydrogen) atoms. The van der Waals surface area contributed by atoms with Crippen molar-refractivity contribution in [3.05, 3.63) is 28.3 Å². The maximum atomic E-state index is 12.0. The SMILES string of the molecule is COc1ccc(S(=O)(=O)NCC(C)CO)cc1[N+](=O)[O-]. The van der Waals surface area contributed by atoms with Gasteiger partial charge in [0.2, 0.25) is 10.0 Å². The lowest BCUT2D eigenvalue weighted by molar-refractivity contribution is -0.386. The third-order valence-electron chi connectivity index (χ3n) is 2.59. The number of benzene rings is 1. The summed E-state index contributed by atoms with van der Waals surface area (Å²) in [5.74, 6) is -0.268. The van der Waals surface area contributed by atoms with Gasteiger partial charge in [-0.2, -0.15) is 0 Å². The van der Waals surface area contributed by atoms with Gasteiger partial charge in [-0.1, -0.05) is 6.92 Å². The van der Waals surface area contributed by atoms with E-state index in [-0.39, 0.29) is 29.7 Å². The summed E-state index contributed by atoms with van der Waals surface area (Å²) in [7, 11) is -2.61. The maximum Gasteiger partial charge on any atom is 0.312 e. The summed E-state index contributed by atoms with van der Waals surface area (Å²) in [6.45, 7) is 1.54. The van der Waals surface area contributed by atoms with E-state index in [1.54, 1.807) is 6.92 Å². The van der Waals surface area contributed by atoms with E-state index in [0.29, 0.717) is 0 Å². The quantitative estimate of drug-likeness (QED) is 0.559. The number of rotatable bonds is 7. The normalized spacial score (nSPS) is 12.9. The second kappa shape index (κ2) is 6.64. The highest BCUT2D eigenvalue weighted by atomic mass is 32.2. The van der Waals surface area contributed by atoms with Crippen LogP contribution in [0.5, 0.6) is 5.75 Å². The molecule has 0 saturated heterocycles. The Morgan fingerprint density at radius 2 is 2.15 bits per heavy atom. The smallest absolute Gasteiger partial charge is 0.312 e. The molecule has 0 saturated carbocycles. The fourth-order valence-electron chi connectivity index (χ4n) is 1.38. The molecule has 8 nitrogen and oxygen atoms in total. The van der Waals surface area contributed by atoms with E-state index in [1.807, 2.05) is 0 Å². The van der Waals surface area contributed by atoms with Crippen LogP contribution in [0.4, 0.5) is 5.69 Å². The third-order valence-corrected chi connectivity index (χ3v) is 4.01. The van der Waals surface area contributed by atoms with Crippen molar-refractivity contribution in [2.75, 3.05) is 20.3 Å². The fraction of sp³-hybridized carbons (Fsp3) is 0.455. The first-order valence-corrected chi connectivity index (χ1v) is 7.23. The Morgan fingerprint density at radius 1 is 1.50 bits per heavy atom. The molecule has 0 aliphatic heterocycles. The van der Waals surface area contributed by atoms with Crippen LogP contribution in [0.2, 0.25) is 0 Å². The van der Waals surface area contributed by atoms with Crippen molar-refractivity contribution < 1.29 is 23.2 Å². The summed E-state index contributed by atoms with van der Waals surface area (Å²) in [5, 5.41) is 19.7. The van der Waals surface area contributed by atoms with Crippen LogP contribution in [0.25, 0.3) is 0 Å². The molecule has 0 aliphatic carbocycles. The molecule has 0 heterocycles. The number of ether oxygens (including phenoxy) is 1. The Kier molecular flexibility index (Phi) is 5.43. The summed E-state index contributed by atoms with van der Waals surface area (Å²) in [6, 6.07) is 3.38. The van der Waals surface area contributed by atoms with Crippen LogP contribution in [0, 0.1) is 16.0 Å². The molecule has 1 aromatic carbocycles. The van der Waals surface area contributed by atoms with E-state index in [4.69, 9.17) is 9.84 Å². The number of nitrogens with zero attached hydrogens (tertiary/aromatic N) is 1. The molecule has 0 amide bonds. The van der Waals surface area contributed by atoms with Gasteiger partial charge in [0.25, 0.3) is 0 Å². The minimum Gasteiger partial charge on any atom is -0.490 e. The largest absolute Gasteiger partial charge is 0.490 e. The lowest BCUT2D eigenvalue weighted by Crippen LogP contribution is -2.29. The third kappa shape index (κ3) is 3.89. The molecule has 0 aliphatic rings. The summed E-state index contributed by atoms with van der Waals surface area (Å²) in [4.78, 5) is 9.91. The molecule has 9 heteroatoms. The van der Waals surface area contributed by atoms with Gasteiger partial charge in [0, 0.05) is 19.2 Å². The van der Waals surface area contributed by atoms with E-state index < -0.39 is 20.6 Å². The van der Waals surface area contributed by atoms with Crippen molar-refractivity contribution in [2.24, 2.45) is 5.92 Å². The Morgan fingerprint density at radius 3 is 2.65 bits per heavy atom. The highest BCUT2D eigenvalue weighted by Crippen LogP contribution is 2.29. The van der Waals surface area contributed by atoms with E-state index in [0.717, 1.165) is 6.07 Å². The second-order valence-electron chi connectivity index (χ2n) is 4.23. The van der Waals surface area contributed by atoms with Crippen molar-refractivity contribution in [3.63, 3.8) is 0 Å². The van der Waals surface area contributed by atoms with Gasteiger partial charge < -0.3 is 9.84 Å². The zero-order valence-corrected chi connectivity index (χ0v) is 11.9. The van der Waals surface area contributed by atoms with Crippen LogP contribution in [0.3, 0.4) is 0 Å². The van der Waals surface area contributed by atoms with Gasteiger partial charge >= 0.3 is 5.69 Å². The Hall–Kier alpha value is -1.71. The van der Waals surface area contributed by atoms with Crippen molar-refractivity contribution in [1.29, 1.82) is 0 Å². The summed E-state index contributed by atoms with van der Waals surface area (Å²) in [5.41, 5.74) is -0.425. The van der Waals surface area contributed by atoms with Crippen molar-refractivity contribution in [1.82, 2.24) is 4.72 Å². The zero-order chi connectivity index (χ0) is 15.3. The number of methoxy groups -OCH3 is 1. The average Bonchev–Trinajstić information content (AvgIpc) is 2.43. The molecule has 1 aromatic rings. The van der Waals surface area contributed by atoms with Gasteiger partial charge in [-0.15, -0.1) is 0 Å². The first-order chi connectivity index (χ1) is 9.31. The van der Waals surface area contributed by atoms with Gasteiger partial charge in [-0.3, -0.25) is 10.1 Å². The van der Waals surface area contributed by atoms with Crippen LogP contribution >= 0.6 is 0 Å². The van der Waals surface area contributed by atoms with E-state index in [2.05, 4.69) is 4.72 Å². The summed E-state index contributed by atoms with van der Waals surface area (Å²) < 4.78 is 31.0. The Labute approximate surface area is 116 Å². The number of aliphatic hydroxyl groups excluding tert-OH is 1. The number of hydrogen-bond donors (Lipinski definition) is 2. The minimum atomic E-state index is -3.87. The molecule has 2 N–H and O–H groups in total. The number of nitro benzene ring substituents is 1.